The number of likely N-dealkylation sites (N-methyl/N-ethyl adjacent to an activating group) is 1. The van der Waals surface area contributed by atoms with Crippen molar-refractivity contribution in [3.63, 3.8) is 0 Å². The van der Waals surface area contributed by atoms with Crippen LogP contribution in [0.25, 0.3) is 0 Å². The minimum Gasteiger partial charge on any atom is -0.465 e. The summed E-state index contributed by atoms with van der Waals surface area (Å²) in [7, 11) is 3.38. The van der Waals surface area contributed by atoms with Crippen molar-refractivity contribution in [2.75, 3.05) is 45.3 Å². The number of ether oxygens (including phenoxy) is 2. The Hall–Kier alpha value is -1.59. The number of rotatable bonds is 4. The number of carbonyl (C=O) groups excluding carboxylic acids is 1. The second-order valence-electron chi connectivity index (χ2n) is 4.62. The lowest BCUT2D eigenvalue weighted by atomic mass is 10.2. The average molecular weight is 264 g/mol. The summed E-state index contributed by atoms with van der Waals surface area (Å²) in [5, 5.41) is 3.30. The summed E-state index contributed by atoms with van der Waals surface area (Å²) in [4.78, 5) is 13.6. The second kappa shape index (κ2) is 6.54. The molecule has 0 aliphatic carbocycles. The smallest absolute Gasteiger partial charge is 0.337 e. The highest BCUT2D eigenvalue weighted by Gasteiger charge is 2.16. The van der Waals surface area contributed by atoms with E-state index in [1.807, 2.05) is 25.2 Å². The highest BCUT2D eigenvalue weighted by Crippen LogP contribution is 2.16. The molecule has 0 bridgehead atoms. The van der Waals surface area contributed by atoms with E-state index in [1.54, 1.807) is 6.07 Å². The lowest BCUT2D eigenvalue weighted by molar-refractivity contribution is 0.0340. The zero-order chi connectivity index (χ0) is 13.7. The number of anilines is 1. The molecule has 19 heavy (non-hydrogen) atoms. The molecule has 1 aromatic carbocycles. The van der Waals surface area contributed by atoms with Crippen molar-refractivity contribution in [2.45, 2.75) is 6.10 Å². The molecule has 5 heteroatoms. The van der Waals surface area contributed by atoms with Gasteiger partial charge in [-0.1, -0.05) is 6.07 Å². The maximum Gasteiger partial charge on any atom is 0.337 e. The van der Waals surface area contributed by atoms with E-state index in [4.69, 9.17) is 9.47 Å². The Labute approximate surface area is 113 Å². The Morgan fingerprint density at radius 1 is 1.58 bits per heavy atom. The summed E-state index contributed by atoms with van der Waals surface area (Å²) in [5.74, 6) is -0.314. The van der Waals surface area contributed by atoms with E-state index in [0.717, 1.165) is 31.9 Å². The minimum atomic E-state index is -0.314. The van der Waals surface area contributed by atoms with E-state index < -0.39 is 0 Å². The number of carbonyl (C=O) groups is 1. The number of hydrogen-bond donors (Lipinski definition) is 1. The van der Waals surface area contributed by atoms with Crippen molar-refractivity contribution >= 4 is 11.7 Å². The van der Waals surface area contributed by atoms with E-state index in [9.17, 15) is 4.79 Å². The molecule has 2 rings (SSSR count). The molecule has 5 nitrogen and oxygen atoms in total. The molecule has 0 saturated carbocycles. The number of esters is 1. The van der Waals surface area contributed by atoms with Crippen molar-refractivity contribution < 1.29 is 14.3 Å². The molecule has 1 fully saturated rings. The van der Waals surface area contributed by atoms with Crippen LogP contribution in [0.4, 0.5) is 5.69 Å². The van der Waals surface area contributed by atoms with Crippen LogP contribution in [0.15, 0.2) is 24.3 Å². The Kier molecular flexibility index (Phi) is 4.76. The van der Waals surface area contributed by atoms with Gasteiger partial charge in [0.05, 0.1) is 25.4 Å². The van der Waals surface area contributed by atoms with Crippen molar-refractivity contribution in [1.29, 1.82) is 0 Å². The molecule has 1 heterocycles. The Balaban J connectivity index is 2.01. The van der Waals surface area contributed by atoms with Crippen molar-refractivity contribution in [3.8, 4) is 0 Å². The van der Waals surface area contributed by atoms with Gasteiger partial charge >= 0.3 is 5.97 Å². The number of benzene rings is 1. The summed E-state index contributed by atoms with van der Waals surface area (Å²) in [5.41, 5.74) is 1.55. The van der Waals surface area contributed by atoms with Crippen LogP contribution in [-0.2, 0) is 9.47 Å². The fourth-order valence-corrected chi connectivity index (χ4v) is 2.14. The van der Waals surface area contributed by atoms with Gasteiger partial charge in [0.15, 0.2) is 0 Å². The van der Waals surface area contributed by atoms with Crippen LogP contribution in [0.3, 0.4) is 0 Å². The first-order valence-corrected chi connectivity index (χ1v) is 6.42. The summed E-state index contributed by atoms with van der Waals surface area (Å²) < 4.78 is 10.4. The van der Waals surface area contributed by atoms with E-state index >= 15 is 0 Å². The minimum absolute atomic E-state index is 0.181. The molecule has 1 aliphatic rings. The summed E-state index contributed by atoms with van der Waals surface area (Å²) in [6, 6.07) is 7.42. The van der Waals surface area contributed by atoms with Gasteiger partial charge < -0.3 is 19.7 Å². The molecule has 1 saturated heterocycles. The second-order valence-corrected chi connectivity index (χ2v) is 4.62. The van der Waals surface area contributed by atoms with Crippen LogP contribution in [0.1, 0.15) is 10.4 Å². The van der Waals surface area contributed by atoms with E-state index in [0.29, 0.717) is 5.56 Å². The summed E-state index contributed by atoms with van der Waals surface area (Å²) in [6.07, 6.45) is 0.181. The van der Waals surface area contributed by atoms with Gasteiger partial charge in [-0.05, 0) is 18.2 Å². The highest BCUT2D eigenvalue weighted by atomic mass is 16.5. The quantitative estimate of drug-likeness (QED) is 0.819. The van der Waals surface area contributed by atoms with Gasteiger partial charge in [0, 0.05) is 32.4 Å². The standard InChI is InChI=1S/C14H20N2O3/c1-16(10-13-9-15-6-7-19-13)12-5-3-4-11(8-12)14(17)18-2/h3-5,8,13,15H,6-7,9-10H2,1-2H3. The Morgan fingerprint density at radius 3 is 3.11 bits per heavy atom. The Bertz CT molecular complexity index is 430. The number of nitrogens with zero attached hydrogens (tertiary/aromatic N) is 1. The predicted molar refractivity (Wildman–Crippen MR) is 73.7 cm³/mol. The van der Waals surface area contributed by atoms with Crippen LogP contribution < -0.4 is 10.2 Å². The number of methoxy groups -OCH3 is 1. The first-order valence-electron chi connectivity index (χ1n) is 6.42. The van der Waals surface area contributed by atoms with E-state index in [2.05, 4.69) is 10.2 Å². The van der Waals surface area contributed by atoms with Crippen molar-refractivity contribution in [1.82, 2.24) is 5.32 Å². The average Bonchev–Trinajstić information content (AvgIpc) is 2.47. The molecule has 0 aromatic heterocycles. The van der Waals surface area contributed by atoms with Gasteiger partial charge in [-0.3, -0.25) is 0 Å². The third-order valence-corrected chi connectivity index (χ3v) is 3.19. The first kappa shape index (κ1) is 13.8. The SMILES string of the molecule is COC(=O)c1cccc(N(C)CC2CNCCO2)c1. The molecular weight excluding hydrogens is 244 g/mol. The maximum atomic E-state index is 11.5. The van der Waals surface area contributed by atoms with Crippen molar-refractivity contribution in [2.24, 2.45) is 0 Å². The zero-order valence-corrected chi connectivity index (χ0v) is 11.4. The molecule has 1 aliphatic heterocycles. The normalized spacial score (nSPS) is 18.9. The molecule has 1 N–H and O–H groups in total. The third kappa shape index (κ3) is 3.68. The van der Waals surface area contributed by atoms with Crippen LogP contribution in [0.5, 0.6) is 0 Å². The molecular formula is C14H20N2O3. The van der Waals surface area contributed by atoms with Gasteiger partial charge in [0.1, 0.15) is 0 Å². The molecule has 0 radical (unpaired) electrons. The molecule has 1 aromatic rings. The van der Waals surface area contributed by atoms with Gasteiger partial charge in [0.2, 0.25) is 0 Å². The van der Waals surface area contributed by atoms with Gasteiger partial charge in [-0.25, -0.2) is 4.79 Å². The molecule has 1 atom stereocenters. The Morgan fingerprint density at radius 2 is 2.42 bits per heavy atom. The monoisotopic (exact) mass is 264 g/mol. The largest absolute Gasteiger partial charge is 0.465 e. The van der Waals surface area contributed by atoms with Gasteiger partial charge in [0.25, 0.3) is 0 Å². The van der Waals surface area contributed by atoms with E-state index in [1.165, 1.54) is 7.11 Å². The number of nitrogens with one attached hydrogen (secondary N) is 1. The number of morpholine rings is 1. The fraction of sp³-hybridized carbons (Fsp3) is 0.500. The van der Waals surface area contributed by atoms with Crippen molar-refractivity contribution in [3.05, 3.63) is 29.8 Å². The molecule has 104 valence electrons. The van der Waals surface area contributed by atoms with Gasteiger partial charge in [-0.15, -0.1) is 0 Å². The van der Waals surface area contributed by atoms with Crippen LogP contribution in [0.2, 0.25) is 0 Å². The highest BCUT2D eigenvalue weighted by molar-refractivity contribution is 5.90. The molecule has 0 amide bonds. The lowest BCUT2D eigenvalue weighted by Crippen LogP contribution is -2.44. The first-order chi connectivity index (χ1) is 9.20. The van der Waals surface area contributed by atoms with Gasteiger partial charge in [-0.2, -0.15) is 0 Å². The molecule has 1 unspecified atom stereocenters. The lowest BCUT2D eigenvalue weighted by Gasteiger charge is -2.29. The summed E-state index contributed by atoms with van der Waals surface area (Å²) in [6.45, 7) is 3.32. The topological polar surface area (TPSA) is 50.8 Å². The zero-order valence-electron chi connectivity index (χ0n) is 11.4. The number of hydrogen-bond acceptors (Lipinski definition) is 5. The van der Waals surface area contributed by atoms with Crippen LogP contribution in [0, 0.1) is 0 Å². The third-order valence-electron chi connectivity index (χ3n) is 3.19. The van der Waals surface area contributed by atoms with Crippen LogP contribution in [-0.4, -0.2) is 52.5 Å². The summed E-state index contributed by atoms with van der Waals surface area (Å²) >= 11 is 0. The maximum absolute atomic E-state index is 11.5. The van der Waals surface area contributed by atoms with Crippen LogP contribution >= 0.6 is 0 Å². The fourth-order valence-electron chi connectivity index (χ4n) is 2.14. The molecule has 0 spiro atoms. The predicted octanol–water partition coefficient (Wildman–Crippen LogP) is 0.898. The van der Waals surface area contributed by atoms with E-state index in [-0.39, 0.29) is 12.1 Å².